The molecule has 98 valence electrons. The maximum Gasteiger partial charge on any atom is 0.146 e. The Balaban J connectivity index is 2.25. The van der Waals surface area contributed by atoms with Crippen molar-refractivity contribution >= 4 is 5.69 Å². The molecule has 1 aliphatic rings. The molecule has 2 heteroatoms. The van der Waals surface area contributed by atoms with Gasteiger partial charge in [0.05, 0.1) is 12.3 Å². The van der Waals surface area contributed by atoms with Crippen molar-refractivity contribution < 1.29 is 4.74 Å². The molecule has 19 heavy (non-hydrogen) atoms. The van der Waals surface area contributed by atoms with Crippen LogP contribution in [-0.4, -0.2) is 6.61 Å². The Morgan fingerprint density at radius 3 is 2.58 bits per heavy atom. The van der Waals surface area contributed by atoms with Gasteiger partial charge in [-0.15, -0.1) is 0 Å². The van der Waals surface area contributed by atoms with Crippen molar-refractivity contribution in [3.8, 4) is 16.9 Å². The molecular weight excluding hydrogens is 234 g/mol. The number of rotatable bonds is 2. The van der Waals surface area contributed by atoms with Gasteiger partial charge in [-0.3, -0.25) is 0 Å². The van der Waals surface area contributed by atoms with E-state index in [0.29, 0.717) is 5.92 Å². The third kappa shape index (κ3) is 1.97. The van der Waals surface area contributed by atoms with Crippen molar-refractivity contribution in [3.63, 3.8) is 0 Å². The van der Waals surface area contributed by atoms with Gasteiger partial charge in [-0.25, -0.2) is 0 Å². The SMILES string of the molecule is CC(C)c1cc(-c2ccccc2)c2c(c1N)OCC2. The lowest BCUT2D eigenvalue weighted by Gasteiger charge is -2.17. The molecular formula is C17H19NO. The van der Waals surface area contributed by atoms with E-state index in [1.807, 2.05) is 6.07 Å². The predicted molar refractivity (Wildman–Crippen MR) is 79.6 cm³/mol. The monoisotopic (exact) mass is 253 g/mol. The summed E-state index contributed by atoms with van der Waals surface area (Å²) in [6, 6.07) is 12.7. The minimum atomic E-state index is 0.400. The number of ether oxygens (including phenoxy) is 1. The molecule has 0 fully saturated rings. The number of fused-ring (bicyclic) bond motifs is 1. The number of hydrogen-bond acceptors (Lipinski definition) is 2. The molecule has 2 aromatic rings. The lowest BCUT2D eigenvalue weighted by Crippen LogP contribution is -2.01. The van der Waals surface area contributed by atoms with Crippen LogP contribution in [-0.2, 0) is 6.42 Å². The van der Waals surface area contributed by atoms with E-state index in [1.54, 1.807) is 0 Å². The number of anilines is 1. The highest BCUT2D eigenvalue weighted by Crippen LogP contribution is 2.43. The molecule has 0 aromatic heterocycles. The summed E-state index contributed by atoms with van der Waals surface area (Å²) in [6.07, 6.45) is 0.947. The predicted octanol–water partition coefficient (Wildman–Crippen LogP) is 3.99. The molecule has 0 unspecified atom stereocenters. The second kappa shape index (κ2) is 4.61. The van der Waals surface area contributed by atoms with E-state index in [9.17, 15) is 0 Å². The first-order chi connectivity index (χ1) is 9.18. The molecule has 3 rings (SSSR count). The Kier molecular flexibility index (Phi) is 2.94. The summed E-state index contributed by atoms with van der Waals surface area (Å²) in [7, 11) is 0. The van der Waals surface area contributed by atoms with Crippen LogP contribution in [0.1, 0.15) is 30.9 Å². The summed E-state index contributed by atoms with van der Waals surface area (Å²) >= 11 is 0. The van der Waals surface area contributed by atoms with E-state index in [2.05, 4.69) is 44.2 Å². The molecule has 0 aliphatic carbocycles. The van der Waals surface area contributed by atoms with Crippen molar-refractivity contribution in [3.05, 3.63) is 47.5 Å². The van der Waals surface area contributed by atoms with Gasteiger partial charge in [-0.1, -0.05) is 44.2 Å². The van der Waals surface area contributed by atoms with Crippen LogP contribution in [0.5, 0.6) is 5.75 Å². The zero-order chi connectivity index (χ0) is 13.4. The summed E-state index contributed by atoms with van der Waals surface area (Å²) in [5.41, 5.74) is 12.0. The van der Waals surface area contributed by atoms with E-state index in [-0.39, 0.29) is 0 Å². The highest BCUT2D eigenvalue weighted by molar-refractivity contribution is 5.78. The third-order valence-electron chi connectivity index (χ3n) is 3.76. The van der Waals surface area contributed by atoms with E-state index in [0.717, 1.165) is 24.5 Å². The molecule has 0 atom stereocenters. The first-order valence-corrected chi connectivity index (χ1v) is 6.82. The fourth-order valence-corrected chi connectivity index (χ4v) is 2.76. The van der Waals surface area contributed by atoms with Crippen LogP contribution in [0.3, 0.4) is 0 Å². The molecule has 0 spiro atoms. The molecule has 2 nitrogen and oxygen atoms in total. The standard InChI is InChI=1S/C17H19NO/c1-11(2)14-10-15(12-6-4-3-5-7-12)13-8-9-19-17(13)16(14)18/h3-7,10-11H,8-9,18H2,1-2H3. The number of hydrogen-bond donors (Lipinski definition) is 1. The van der Waals surface area contributed by atoms with E-state index < -0.39 is 0 Å². The third-order valence-corrected chi connectivity index (χ3v) is 3.76. The van der Waals surface area contributed by atoms with Crippen LogP contribution in [0, 0.1) is 0 Å². The Hall–Kier alpha value is -1.96. The van der Waals surface area contributed by atoms with Gasteiger partial charge in [0.25, 0.3) is 0 Å². The van der Waals surface area contributed by atoms with Crippen molar-refractivity contribution in [2.45, 2.75) is 26.2 Å². The lowest BCUT2D eigenvalue weighted by molar-refractivity contribution is 0.358. The topological polar surface area (TPSA) is 35.2 Å². The average Bonchev–Trinajstić information content (AvgIpc) is 2.89. The largest absolute Gasteiger partial charge is 0.491 e. The van der Waals surface area contributed by atoms with Gasteiger partial charge in [-0.05, 0) is 28.7 Å². The second-order valence-electron chi connectivity index (χ2n) is 5.35. The summed E-state index contributed by atoms with van der Waals surface area (Å²) < 4.78 is 5.76. The van der Waals surface area contributed by atoms with Gasteiger partial charge in [0.1, 0.15) is 5.75 Å². The van der Waals surface area contributed by atoms with E-state index in [1.165, 1.54) is 22.3 Å². The van der Waals surface area contributed by atoms with Crippen LogP contribution >= 0.6 is 0 Å². The summed E-state index contributed by atoms with van der Waals surface area (Å²) in [4.78, 5) is 0. The highest BCUT2D eigenvalue weighted by atomic mass is 16.5. The van der Waals surface area contributed by atoms with Crippen LogP contribution < -0.4 is 10.5 Å². The fourth-order valence-electron chi connectivity index (χ4n) is 2.76. The van der Waals surface area contributed by atoms with E-state index in [4.69, 9.17) is 10.5 Å². The average molecular weight is 253 g/mol. The number of benzene rings is 2. The van der Waals surface area contributed by atoms with Crippen LogP contribution in [0.25, 0.3) is 11.1 Å². The lowest BCUT2D eigenvalue weighted by atomic mass is 9.90. The Morgan fingerprint density at radius 2 is 1.89 bits per heavy atom. The normalized spacial score (nSPS) is 13.4. The van der Waals surface area contributed by atoms with Gasteiger partial charge >= 0.3 is 0 Å². The summed E-state index contributed by atoms with van der Waals surface area (Å²) in [5, 5.41) is 0. The van der Waals surface area contributed by atoms with Gasteiger partial charge in [0.15, 0.2) is 0 Å². The highest BCUT2D eigenvalue weighted by Gasteiger charge is 2.23. The molecule has 0 amide bonds. The zero-order valence-electron chi connectivity index (χ0n) is 11.4. The number of nitrogen functional groups attached to an aromatic ring is 1. The maximum absolute atomic E-state index is 6.26. The van der Waals surface area contributed by atoms with Gasteiger partial charge in [-0.2, -0.15) is 0 Å². The molecule has 0 bridgehead atoms. The molecule has 1 heterocycles. The molecule has 1 aliphatic heterocycles. The maximum atomic E-state index is 6.26. The first kappa shape index (κ1) is 12.1. The molecule has 0 saturated carbocycles. The van der Waals surface area contributed by atoms with Gasteiger partial charge < -0.3 is 10.5 Å². The van der Waals surface area contributed by atoms with Crippen LogP contribution in [0.4, 0.5) is 5.69 Å². The molecule has 0 saturated heterocycles. The molecule has 2 N–H and O–H groups in total. The van der Waals surface area contributed by atoms with Crippen LogP contribution in [0.2, 0.25) is 0 Å². The molecule has 2 aromatic carbocycles. The van der Waals surface area contributed by atoms with Crippen molar-refractivity contribution in [2.24, 2.45) is 0 Å². The quantitative estimate of drug-likeness (QED) is 0.821. The number of nitrogens with two attached hydrogens (primary N) is 1. The van der Waals surface area contributed by atoms with Crippen molar-refractivity contribution in [1.29, 1.82) is 0 Å². The van der Waals surface area contributed by atoms with Crippen molar-refractivity contribution in [2.75, 3.05) is 12.3 Å². The van der Waals surface area contributed by atoms with Crippen LogP contribution in [0.15, 0.2) is 36.4 Å². The minimum Gasteiger partial charge on any atom is -0.491 e. The smallest absolute Gasteiger partial charge is 0.146 e. The molecule has 0 radical (unpaired) electrons. The van der Waals surface area contributed by atoms with Gasteiger partial charge in [0.2, 0.25) is 0 Å². The van der Waals surface area contributed by atoms with Crippen molar-refractivity contribution in [1.82, 2.24) is 0 Å². The summed E-state index contributed by atoms with van der Waals surface area (Å²) in [5.74, 6) is 1.31. The Bertz CT molecular complexity index is 602. The fraction of sp³-hybridized carbons (Fsp3) is 0.294. The minimum absolute atomic E-state index is 0.400. The zero-order valence-corrected chi connectivity index (χ0v) is 11.4. The second-order valence-corrected chi connectivity index (χ2v) is 5.35. The van der Waals surface area contributed by atoms with E-state index >= 15 is 0 Å². The summed E-state index contributed by atoms with van der Waals surface area (Å²) in [6.45, 7) is 5.07. The first-order valence-electron chi connectivity index (χ1n) is 6.82. The Morgan fingerprint density at radius 1 is 1.16 bits per heavy atom. The Labute approximate surface area is 114 Å². The van der Waals surface area contributed by atoms with Gasteiger partial charge in [0, 0.05) is 12.0 Å².